The van der Waals surface area contributed by atoms with Crippen LogP contribution in [0.3, 0.4) is 0 Å². The third-order valence-electron chi connectivity index (χ3n) is 3.82. The highest BCUT2D eigenvalue weighted by Gasteiger charge is 2.21. The van der Waals surface area contributed by atoms with Gasteiger partial charge in [-0.1, -0.05) is 0 Å². The molecule has 21 heavy (non-hydrogen) atoms. The van der Waals surface area contributed by atoms with Gasteiger partial charge in [-0.2, -0.15) is 5.10 Å². The lowest BCUT2D eigenvalue weighted by Gasteiger charge is -2.19. The summed E-state index contributed by atoms with van der Waals surface area (Å²) in [4.78, 5) is 0. The largest absolute Gasteiger partial charge is 0.283 e. The second-order valence-electron chi connectivity index (χ2n) is 5.16. The number of halogens is 1. The van der Waals surface area contributed by atoms with Gasteiger partial charge in [0.1, 0.15) is 17.5 Å². The average Bonchev–Trinajstić information content (AvgIpc) is 3.14. The van der Waals surface area contributed by atoms with Gasteiger partial charge in [0.15, 0.2) is 0 Å². The van der Waals surface area contributed by atoms with Gasteiger partial charge < -0.3 is 0 Å². The van der Waals surface area contributed by atoms with Gasteiger partial charge in [-0.25, -0.2) is 4.39 Å². The molecule has 3 aromatic rings. The SMILES string of the molecule is Fc1ccc2c(c1)CCc1nnc(CCn3cccn3)n1-2. The lowest BCUT2D eigenvalue weighted by atomic mass is 10.0. The van der Waals surface area contributed by atoms with Crippen molar-refractivity contribution in [3.8, 4) is 5.69 Å². The zero-order valence-corrected chi connectivity index (χ0v) is 11.4. The quantitative estimate of drug-likeness (QED) is 0.738. The number of nitrogens with zero attached hydrogens (tertiary/aromatic N) is 5. The predicted octanol–water partition coefficient (Wildman–Crippen LogP) is 1.94. The molecule has 0 amide bonds. The van der Waals surface area contributed by atoms with E-state index < -0.39 is 0 Å². The van der Waals surface area contributed by atoms with Crippen molar-refractivity contribution in [1.29, 1.82) is 0 Å². The van der Waals surface area contributed by atoms with Crippen molar-refractivity contribution in [3.05, 3.63) is 59.7 Å². The molecule has 0 unspecified atom stereocenters. The van der Waals surface area contributed by atoms with Crippen molar-refractivity contribution in [1.82, 2.24) is 24.5 Å². The van der Waals surface area contributed by atoms with Gasteiger partial charge in [-0.3, -0.25) is 9.25 Å². The number of benzene rings is 1. The van der Waals surface area contributed by atoms with Crippen molar-refractivity contribution in [3.63, 3.8) is 0 Å². The van der Waals surface area contributed by atoms with E-state index in [0.29, 0.717) is 0 Å². The first-order chi connectivity index (χ1) is 10.3. The maximum Gasteiger partial charge on any atom is 0.139 e. The lowest BCUT2D eigenvalue weighted by Crippen LogP contribution is -2.16. The van der Waals surface area contributed by atoms with Crippen molar-refractivity contribution in [2.45, 2.75) is 25.8 Å². The third-order valence-corrected chi connectivity index (χ3v) is 3.82. The molecule has 0 radical (unpaired) electrons. The Morgan fingerprint density at radius 1 is 1.19 bits per heavy atom. The molecule has 0 bridgehead atoms. The Labute approximate surface area is 121 Å². The predicted molar refractivity (Wildman–Crippen MR) is 74.7 cm³/mol. The topological polar surface area (TPSA) is 48.5 Å². The van der Waals surface area contributed by atoms with E-state index in [4.69, 9.17) is 0 Å². The van der Waals surface area contributed by atoms with Crippen LogP contribution in [0, 0.1) is 5.82 Å². The summed E-state index contributed by atoms with van der Waals surface area (Å²) in [6, 6.07) is 6.81. The lowest BCUT2D eigenvalue weighted by molar-refractivity contribution is 0.590. The molecule has 3 heterocycles. The highest BCUT2D eigenvalue weighted by Crippen LogP contribution is 2.26. The van der Waals surface area contributed by atoms with Gasteiger partial charge in [0.25, 0.3) is 0 Å². The summed E-state index contributed by atoms with van der Waals surface area (Å²) in [7, 11) is 0. The van der Waals surface area contributed by atoms with Gasteiger partial charge in [-0.15, -0.1) is 10.2 Å². The van der Waals surface area contributed by atoms with Gasteiger partial charge in [0.2, 0.25) is 0 Å². The molecule has 1 aliphatic rings. The smallest absolute Gasteiger partial charge is 0.139 e. The maximum absolute atomic E-state index is 13.4. The number of fused-ring (bicyclic) bond motifs is 3. The molecule has 1 aliphatic heterocycles. The second-order valence-corrected chi connectivity index (χ2v) is 5.16. The number of aromatic nitrogens is 5. The molecule has 106 valence electrons. The molecule has 0 aliphatic carbocycles. The summed E-state index contributed by atoms with van der Waals surface area (Å²) in [6.07, 6.45) is 6.04. The van der Waals surface area contributed by atoms with Crippen LogP contribution in [0.1, 0.15) is 17.2 Å². The fourth-order valence-corrected chi connectivity index (χ4v) is 2.82. The summed E-state index contributed by atoms with van der Waals surface area (Å²) in [5.74, 6) is 1.65. The molecule has 2 aromatic heterocycles. The fourth-order valence-electron chi connectivity index (χ4n) is 2.82. The van der Waals surface area contributed by atoms with Crippen LogP contribution in [0.25, 0.3) is 5.69 Å². The summed E-state index contributed by atoms with van der Waals surface area (Å²) in [5.41, 5.74) is 2.01. The molecule has 0 fully saturated rings. The molecule has 0 N–H and O–H groups in total. The van der Waals surface area contributed by atoms with E-state index in [9.17, 15) is 4.39 Å². The van der Waals surface area contributed by atoms with Crippen LogP contribution >= 0.6 is 0 Å². The Kier molecular flexibility index (Phi) is 2.80. The molecular weight excluding hydrogens is 269 g/mol. The molecule has 0 saturated carbocycles. The first-order valence-corrected chi connectivity index (χ1v) is 7.01. The van der Waals surface area contributed by atoms with E-state index in [2.05, 4.69) is 19.9 Å². The van der Waals surface area contributed by atoms with Crippen LogP contribution in [0.5, 0.6) is 0 Å². The molecule has 0 atom stereocenters. The molecule has 0 spiro atoms. The van der Waals surface area contributed by atoms with Crippen LogP contribution in [-0.2, 0) is 25.8 Å². The van der Waals surface area contributed by atoms with E-state index in [1.165, 1.54) is 6.07 Å². The van der Waals surface area contributed by atoms with E-state index >= 15 is 0 Å². The molecule has 1 aromatic carbocycles. The fraction of sp³-hybridized carbons (Fsp3) is 0.267. The molecule has 4 rings (SSSR count). The Balaban J connectivity index is 1.69. The second kappa shape index (κ2) is 4.80. The first-order valence-electron chi connectivity index (χ1n) is 7.01. The Hall–Kier alpha value is -2.50. The van der Waals surface area contributed by atoms with Crippen molar-refractivity contribution < 1.29 is 4.39 Å². The van der Waals surface area contributed by atoms with E-state index in [1.54, 1.807) is 12.3 Å². The van der Waals surface area contributed by atoms with Crippen molar-refractivity contribution >= 4 is 0 Å². The van der Waals surface area contributed by atoms with Crippen LogP contribution in [0.15, 0.2) is 36.7 Å². The average molecular weight is 283 g/mol. The summed E-state index contributed by atoms with van der Waals surface area (Å²) < 4.78 is 17.3. The molecule has 6 heteroatoms. The van der Waals surface area contributed by atoms with Crippen molar-refractivity contribution in [2.24, 2.45) is 0 Å². The van der Waals surface area contributed by atoms with Crippen LogP contribution < -0.4 is 0 Å². The number of aryl methyl sites for hydroxylation is 4. The number of hydrogen-bond donors (Lipinski definition) is 0. The highest BCUT2D eigenvalue weighted by molar-refractivity contribution is 5.45. The summed E-state index contributed by atoms with van der Waals surface area (Å²) in [5, 5.41) is 12.8. The molecule has 0 saturated heterocycles. The molecular formula is C15H14FN5. The first kappa shape index (κ1) is 12.3. The standard InChI is InChI=1S/C15H14FN5/c16-12-3-4-13-11(10-12)2-5-14-18-19-15(21(13)14)6-9-20-8-1-7-17-20/h1,3-4,7-8,10H,2,5-6,9H2. The molecule has 5 nitrogen and oxygen atoms in total. The Morgan fingerprint density at radius 2 is 2.14 bits per heavy atom. The Morgan fingerprint density at radius 3 is 3.00 bits per heavy atom. The zero-order chi connectivity index (χ0) is 14.2. The Bertz CT molecular complexity index is 775. The zero-order valence-electron chi connectivity index (χ0n) is 11.4. The number of rotatable bonds is 3. The van der Waals surface area contributed by atoms with E-state index in [1.807, 2.05) is 23.0 Å². The van der Waals surface area contributed by atoms with Gasteiger partial charge in [0, 0.05) is 31.8 Å². The van der Waals surface area contributed by atoms with E-state index in [-0.39, 0.29) is 5.82 Å². The van der Waals surface area contributed by atoms with Crippen LogP contribution in [0.4, 0.5) is 4.39 Å². The third kappa shape index (κ3) is 2.12. The van der Waals surface area contributed by atoms with Gasteiger partial charge in [0.05, 0.1) is 5.69 Å². The normalized spacial score (nSPS) is 13.0. The monoisotopic (exact) mass is 283 g/mol. The summed E-state index contributed by atoms with van der Waals surface area (Å²) >= 11 is 0. The summed E-state index contributed by atoms with van der Waals surface area (Å²) in [6.45, 7) is 0.752. The van der Waals surface area contributed by atoms with Gasteiger partial charge >= 0.3 is 0 Å². The van der Waals surface area contributed by atoms with Gasteiger partial charge in [-0.05, 0) is 36.2 Å². The van der Waals surface area contributed by atoms with E-state index in [0.717, 1.165) is 48.7 Å². The maximum atomic E-state index is 13.4. The minimum absolute atomic E-state index is 0.191. The highest BCUT2D eigenvalue weighted by atomic mass is 19.1. The minimum Gasteiger partial charge on any atom is -0.283 e. The number of hydrogen-bond acceptors (Lipinski definition) is 3. The van der Waals surface area contributed by atoms with Crippen molar-refractivity contribution in [2.75, 3.05) is 0 Å². The van der Waals surface area contributed by atoms with Crippen LogP contribution in [-0.4, -0.2) is 24.5 Å². The minimum atomic E-state index is -0.191. The van der Waals surface area contributed by atoms with Crippen LogP contribution in [0.2, 0.25) is 0 Å².